The lowest BCUT2D eigenvalue weighted by Crippen LogP contribution is -2.48. The van der Waals surface area contributed by atoms with Crippen molar-refractivity contribution in [3.63, 3.8) is 0 Å². The van der Waals surface area contributed by atoms with Crippen molar-refractivity contribution < 1.29 is 36.7 Å². The number of piperazine rings is 1. The van der Waals surface area contributed by atoms with Gasteiger partial charge in [-0.25, -0.2) is 19.2 Å². The van der Waals surface area contributed by atoms with E-state index in [1.54, 1.807) is 11.6 Å². The minimum atomic E-state index is -5.12. The van der Waals surface area contributed by atoms with E-state index in [4.69, 9.17) is 11.6 Å². The van der Waals surface area contributed by atoms with Crippen molar-refractivity contribution in [1.82, 2.24) is 25.1 Å². The molecule has 3 aromatic rings. The van der Waals surface area contributed by atoms with Gasteiger partial charge >= 0.3 is 12.1 Å². The Kier molecular flexibility index (Phi) is 9.73. The number of esters is 1. The molecule has 41 heavy (non-hydrogen) atoms. The molecule has 2 amide bonds. The van der Waals surface area contributed by atoms with Crippen LogP contribution in [-0.4, -0.2) is 83.1 Å². The molecule has 1 fully saturated rings. The van der Waals surface area contributed by atoms with Gasteiger partial charge in [0.25, 0.3) is 11.8 Å². The Morgan fingerprint density at radius 1 is 1.12 bits per heavy atom. The van der Waals surface area contributed by atoms with Crippen LogP contribution in [0.25, 0.3) is 0 Å². The Labute approximate surface area is 240 Å². The third-order valence-corrected chi connectivity index (χ3v) is 6.87. The molecule has 0 spiro atoms. The lowest BCUT2D eigenvalue weighted by Gasteiger charge is -2.34. The predicted octanol–water partition coefficient (Wildman–Crippen LogP) is 3.87. The van der Waals surface area contributed by atoms with Crippen LogP contribution in [0.5, 0.6) is 0 Å². The molecule has 2 N–H and O–H groups in total. The Bertz CT molecular complexity index is 1400. The average Bonchev–Trinajstić information content (AvgIpc) is 3.45. The first-order chi connectivity index (χ1) is 19.5. The number of halogens is 5. The zero-order valence-corrected chi connectivity index (χ0v) is 22.8. The smallest absolute Gasteiger partial charge is 0.457 e. The molecule has 4 rings (SSSR count). The van der Waals surface area contributed by atoms with E-state index in [0.29, 0.717) is 49.4 Å². The summed E-state index contributed by atoms with van der Waals surface area (Å²) in [6.07, 6.45) is -3.53. The van der Waals surface area contributed by atoms with E-state index in [-0.39, 0.29) is 22.7 Å². The van der Waals surface area contributed by atoms with Crippen molar-refractivity contribution in [1.29, 1.82) is 0 Å². The summed E-state index contributed by atoms with van der Waals surface area (Å²) in [4.78, 5) is 48.6. The molecule has 2 aromatic heterocycles. The fourth-order valence-corrected chi connectivity index (χ4v) is 4.64. The van der Waals surface area contributed by atoms with E-state index in [1.165, 1.54) is 46.6 Å². The maximum absolute atomic E-state index is 14.3. The summed E-state index contributed by atoms with van der Waals surface area (Å²) in [6, 6.07) is 7.25. The maximum Gasteiger partial charge on any atom is 0.490 e. The highest BCUT2D eigenvalue weighted by atomic mass is 35.5. The number of carbonyl (C=O) groups is 3. The number of benzene rings is 1. The minimum absolute atomic E-state index is 0.0996. The number of carbonyl (C=O) groups excluding carboxylic acids is 3. The summed E-state index contributed by atoms with van der Waals surface area (Å²) < 4.78 is 55.3. The van der Waals surface area contributed by atoms with Crippen LogP contribution < -0.4 is 10.6 Å². The monoisotopic (exact) mass is 614 g/mol. The van der Waals surface area contributed by atoms with Crippen molar-refractivity contribution in [3.8, 4) is 0 Å². The molecular weight excluding hydrogens is 592 g/mol. The maximum atomic E-state index is 14.3. The van der Waals surface area contributed by atoms with Crippen LogP contribution in [0.15, 0.2) is 41.9 Å². The van der Waals surface area contributed by atoms with E-state index in [9.17, 15) is 31.9 Å². The fourth-order valence-electron chi connectivity index (χ4n) is 3.93. The normalized spacial score (nSPS) is 14.0. The number of ether oxygens (including phenoxy) is 1. The van der Waals surface area contributed by atoms with Gasteiger partial charge in [-0.15, -0.1) is 11.3 Å². The summed E-state index contributed by atoms with van der Waals surface area (Å²) >= 11 is 7.12. The third kappa shape index (κ3) is 8.11. The third-order valence-electron chi connectivity index (χ3n) is 5.89. The van der Waals surface area contributed by atoms with Crippen molar-refractivity contribution in [2.45, 2.75) is 12.7 Å². The Hall–Kier alpha value is -3.82. The Morgan fingerprint density at radius 2 is 1.88 bits per heavy atom. The highest BCUT2D eigenvalue weighted by Crippen LogP contribution is 2.22. The predicted molar refractivity (Wildman–Crippen MR) is 142 cm³/mol. The molecule has 1 saturated heterocycles. The van der Waals surface area contributed by atoms with Crippen LogP contribution in [0.1, 0.15) is 26.4 Å². The zero-order valence-electron chi connectivity index (χ0n) is 21.2. The summed E-state index contributed by atoms with van der Waals surface area (Å²) in [5.74, 6) is -3.86. The number of hydrogen-bond acceptors (Lipinski definition) is 9. The quantitative estimate of drug-likeness (QED) is 0.212. The summed E-state index contributed by atoms with van der Waals surface area (Å²) in [6.45, 7) is 0.866. The van der Waals surface area contributed by atoms with E-state index in [0.717, 1.165) is 0 Å². The van der Waals surface area contributed by atoms with Gasteiger partial charge in [0.15, 0.2) is 10.9 Å². The van der Waals surface area contributed by atoms with Gasteiger partial charge in [-0.05, 0) is 24.3 Å². The number of aromatic nitrogens is 2. The number of anilines is 2. The van der Waals surface area contributed by atoms with Crippen LogP contribution in [-0.2, 0) is 16.1 Å². The van der Waals surface area contributed by atoms with E-state index in [2.05, 4.69) is 25.3 Å². The first-order valence-electron chi connectivity index (χ1n) is 12.2. The van der Waals surface area contributed by atoms with Gasteiger partial charge in [-0.3, -0.25) is 14.5 Å². The molecule has 3 heterocycles. The van der Waals surface area contributed by atoms with Crippen molar-refractivity contribution in [3.05, 3.63) is 69.6 Å². The molecule has 0 atom stereocenters. The van der Waals surface area contributed by atoms with Gasteiger partial charge in [-0.2, -0.15) is 13.2 Å². The molecule has 10 nitrogen and oxygen atoms in total. The number of hydrogen-bond donors (Lipinski definition) is 2. The van der Waals surface area contributed by atoms with Gasteiger partial charge in [0, 0.05) is 49.9 Å². The fraction of sp³-hybridized carbons (Fsp3) is 0.320. The first-order valence-corrected chi connectivity index (χ1v) is 13.4. The second-order valence-electron chi connectivity index (χ2n) is 8.75. The standard InChI is InChI=1S/C25H23ClF4N6O4S/c26-18-3-1-2-17(20(18)27)22(38)36-8-6-35(7-9-36)14-16-12-15(13-19(33-16)34-24-32-5-11-41-24)21(37)31-4-10-40-23(39)25(28,29)30/h1-3,5,11-13H,4,6-10,14H2,(H,31,37)(H,32,33,34). The molecule has 1 aromatic carbocycles. The SMILES string of the molecule is O=C(NCCOC(=O)C(F)(F)F)c1cc(CN2CCN(C(=O)c3cccc(Cl)c3F)CC2)nc(Nc2nccs2)c1. The van der Waals surface area contributed by atoms with Crippen molar-refractivity contribution in [2.75, 3.05) is 44.6 Å². The number of rotatable bonds is 9. The molecule has 16 heteroatoms. The van der Waals surface area contributed by atoms with Gasteiger partial charge in [0.05, 0.1) is 22.8 Å². The summed E-state index contributed by atoms with van der Waals surface area (Å²) in [5, 5.41) is 7.57. The number of pyridine rings is 1. The second-order valence-corrected chi connectivity index (χ2v) is 10.1. The minimum Gasteiger partial charge on any atom is -0.457 e. The summed E-state index contributed by atoms with van der Waals surface area (Å²) in [5.41, 5.74) is 0.569. The lowest BCUT2D eigenvalue weighted by atomic mass is 10.1. The van der Waals surface area contributed by atoms with Crippen LogP contribution in [0, 0.1) is 5.82 Å². The molecule has 0 aliphatic carbocycles. The van der Waals surface area contributed by atoms with Crippen LogP contribution >= 0.6 is 22.9 Å². The molecular formula is C25H23ClF4N6O4S. The number of thiazole rings is 1. The molecule has 0 bridgehead atoms. The molecule has 218 valence electrons. The Morgan fingerprint density at radius 3 is 2.56 bits per heavy atom. The van der Waals surface area contributed by atoms with Gasteiger partial charge in [-0.1, -0.05) is 17.7 Å². The number of nitrogens with one attached hydrogen (secondary N) is 2. The van der Waals surface area contributed by atoms with Gasteiger partial charge < -0.3 is 20.3 Å². The van der Waals surface area contributed by atoms with Crippen LogP contribution in [0.3, 0.4) is 0 Å². The van der Waals surface area contributed by atoms with Gasteiger partial charge in [0.1, 0.15) is 12.4 Å². The largest absolute Gasteiger partial charge is 0.490 e. The molecule has 1 aliphatic heterocycles. The van der Waals surface area contributed by atoms with Gasteiger partial charge in [0.2, 0.25) is 0 Å². The Balaban J connectivity index is 1.40. The highest BCUT2D eigenvalue weighted by molar-refractivity contribution is 7.13. The number of alkyl halides is 3. The number of amides is 2. The molecule has 0 unspecified atom stereocenters. The lowest BCUT2D eigenvalue weighted by molar-refractivity contribution is -0.199. The van der Waals surface area contributed by atoms with Crippen LogP contribution in [0.2, 0.25) is 5.02 Å². The molecule has 1 aliphatic rings. The highest BCUT2D eigenvalue weighted by Gasteiger charge is 2.40. The molecule has 0 saturated carbocycles. The van der Waals surface area contributed by atoms with Crippen molar-refractivity contribution >= 4 is 51.7 Å². The number of nitrogens with zero attached hydrogens (tertiary/aromatic N) is 4. The summed E-state index contributed by atoms with van der Waals surface area (Å²) in [7, 11) is 0. The van der Waals surface area contributed by atoms with Crippen LogP contribution in [0.4, 0.5) is 28.5 Å². The first kappa shape index (κ1) is 30.1. The topological polar surface area (TPSA) is 117 Å². The second kappa shape index (κ2) is 13.2. The molecule has 0 radical (unpaired) electrons. The van der Waals surface area contributed by atoms with E-state index in [1.807, 2.05) is 4.90 Å². The average molecular weight is 615 g/mol. The van der Waals surface area contributed by atoms with E-state index < -0.39 is 36.4 Å². The van der Waals surface area contributed by atoms with Crippen molar-refractivity contribution in [2.24, 2.45) is 0 Å². The van der Waals surface area contributed by atoms with E-state index >= 15 is 0 Å². The zero-order chi connectivity index (χ0) is 29.6.